The van der Waals surface area contributed by atoms with Crippen LogP contribution >= 0.6 is 11.3 Å². The molecule has 2 aromatic heterocycles. The molecule has 0 aliphatic rings. The van der Waals surface area contributed by atoms with Gasteiger partial charge in [0.25, 0.3) is 5.82 Å². The lowest BCUT2D eigenvalue weighted by Crippen LogP contribution is -2.22. The van der Waals surface area contributed by atoms with Crippen LogP contribution in [0.25, 0.3) is 4.96 Å². The van der Waals surface area contributed by atoms with Crippen LogP contribution in [-0.4, -0.2) is 25.9 Å². The minimum absolute atomic E-state index is 0.151. The molecule has 2 aromatic rings. The molecule has 0 saturated carbocycles. The number of hydrogen-bond acceptors (Lipinski definition) is 5. The van der Waals surface area contributed by atoms with E-state index in [9.17, 15) is 13.2 Å². The Morgan fingerprint density at radius 1 is 1.35 bits per heavy atom. The summed E-state index contributed by atoms with van der Waals surface area (Å²) in [5, 5.41) is 14.0. The molecule has 0 aromatic carbocycles. The summed E-state index contributed by atoms with van der Waals surface area (Å²) in [6.07, 6.45) is -4.53. The first-order chi connectivity index (χ1) is 7.88. The number of nitrogens with one attached hydrogen (secondary N) is 1. The summed E-state index contributed by atoms with van der Waals surface area (Å²) in [6.45, 7) is 4.31. The van der Waals surface area contributed by atoms with Crippen LogP contribution in [-0.2, 0) is 12.7 Å². The highest BCUT2D eigenvalue weighted by atomic mass is 32.1. The third-order valence-electron chi connectivity index (χ3n) is 1.95. The van der Waals surface area contributed by atoms with Gasteiger partial charge >= 0.3 is 6.18 Å². The number of hydrogen-bond donors (Lipinski definition) is 1. The number of aromatic nitrogens is 4. The Kier molecular flexibility index (Phi) is 3.04. The third kappa shape index (κ3) is 2.55. The summed E-state index contributed by atoms with van der Waals surface area (Å²) in [5.74, 6) is -1.08. The molecule has 0 spiro atoms. The normalized spacial score (nSPS) is 12.8. The number of nitrogens with zero attached hydrogens (tertiary/aromatic N) is 4. The highest BCUT2D eigenvalue weighted by molar-refractivity contribution is 7.16. The van der Waals surface area contributed by atoms with Gasteiger partial charge in [0.1, 0.15) is 5.01 Å². The summed E-state index contributed by atoms with van der Waals surface area (Å²) in [7, 11) is 0. The summed E-state index contributed by atoms with van der Waals surface area (Å²) in [4.78, 5) is 0.151. The van der Waals surface area contributed by atoms with Crippen molar-refractivity contribution in [2.75, 3.05) is 0 Å². The van der Waals surface area contributed by atoms with E-state index in [1.165, 1.54) is 0 Å². The van der Waals surface area contributed by atoms with E-state index in [2.05, 4.69) is 20.6 Å². The van der Waals surface area contributed by atoms with Gasteiger partial charge in [-0.1, -0.05) is 25.2 Å². The van der Waals surface area contributed by atoms with Crippen molar-refractivity contribution in [3.63, 3.8) is 0 Å². The number of rotatable bonds is 3. The van der Waals surface area contributed by atoms with Crippen LogP contribution in [0.1, 0.15) is 24.7 Å². The molecule has 2 heterocycles. The SMILES string of the molecule is CC(C)NCc1nn2c(C(F)(F)F)nnc2s1. The maximum absolute atomic E-state index is 12.5. The fourth-order valence-electron chi connectivity index (χ4n) is 1.20. The molecule has 0 aliphatic carbocycles. The van der Waals surface area contributed by atoms with Crippen molar-refractivity contribution in [2.45, 2.75) is 32.6 Å². The van der Waals surface area contributed by atoms with Gasteiger partial charge in [-0.15, -0.1) is 10.2 Å². The van der Waals surface area contributed by atoms with E-state index < -0.39 is 12.0 Å². The van der Waals surface area contributed by atoms with Crippen LogP contribution in [0.5, 0.6) is 0 Å². The Hall–Kier alpha value is -1.22. The maximum atomic E-state index is 12.5. The molecule has 0 aliphatic heterocycles. The van der Waals surface area contributed by atoms with Gasteiger partial charge in [0, 0.05) is 12.6 Å². The van der Waals surface area contributed by atoms with Gasteiger partial charge in [0.05, 0.1) is 0 Å². The summed E-state index contributed by atoms with van der Waals surface area (Å²) in [6, 6.07) is 0.242. The highest BCUT2D eigenvalue weighted by Crippen LogP contribution is 2.28. The van der Waals surface area contributed by atoms with Gasteiger partial charge in [-0.3, -0.25) is 0 Å². The molecule has 0 bridgehead atoms. The molecule has 1 N–H and O–H groups in total. The molecule has 0 fully saturated rings. The van der Waals surface area contributed by atoms with E-state index in [0.717, 1.165) is 15.9 Å². The van der Waals surface area contributed by atoms with Crippen molar-refractivity contribution in [1.82, 2.24) is 25.1 Å². The molecule has 17 heavy (non-hydrogen) atoms. The van der Waals surface area contributed by atoms with Gasteiger partial charge in [-0.25, -0.2) is 0 Å². The summed E-state index contributed by atoms with van der Waals surface area (Å²) >= 11 is 1.09. The van der Waals surface area contributed by atoms with Crippen molar-refractivity contribution in [3.05, 3.63) is 10.8 Å². The molecule has 0 amide bonds. The van der Waals surface area contributed by atoms with E-state index >= 15 is 0 Å². The lowest BCUT2D eigenvalue weighted by molar-refractivity contribution is -0.146. The van der Waals surface area contributed by atoms with Crippen LogP contribution in [0.3, 0.4) is 0 Å². The number of halogens is 3. The molecule has 5 nitrogen and oxygen atoms in total. The van der Waals surface area contributed by atoms with Crippen LogP contribution in [0.2, 0.25) is 0 Å². The summed E-state index contributed by atoms with van der Waals surface area (Å²) in [5.41, 5.74) is 0. The molecule has 0 unspecified atom stereocenters. The van der Waals surface area contributed by atoms with Crippen LogP contribution in [0, 0.1) is 0 Å². The molecule has 94 valence electrons. The summed E-state index contributed by atoms with van der Waals surface area (Å²) < 4.78 is 38.2. The van der Waals surface area contributed by atoms with Gasteiger partial charge < -0.3 is 5.32 Å². The van der Waals surface area contributed by atoms with Gasteiger partial charge in [0.2, 0.25) is 4.96 Å². The first-order valence-electron chi connectivity index (χ1n) is 4.89. The minimum Gasteiger partial charge on any atom is -0.308 e. The third-order valence-corrected chi connectivity index (χ3v) is 2.85. The van der Waals surface area contributed by atoms with E-state index in [0.29, 0.717) is 11.6 Å². The van der Waals surface area contributed by atoms with E-state index in [4.69, 9.17) is 0 Å². The molecule has 2 rings (SSSR count). The molecular formula is C8H10F3N5S. The second-order valence-corrected chi connectivity index (χ2v) is 4.79. The van der Waals surface area contributed by atoms with Crippen molar-refractivity contribution in [3.8, 4) is 0 Å². The second kappa shape index (κ2) is 4.22. The lowest BCUT2D eigenvalue weighted by Gasteiger charge is -2.04. The maximum Gasteiger partial charge on any atom is 0.453 e. The van der Waals surface area contributed by atoms with Crippen molar-refractivity contribution < 1.29 is 13.2 Å². The average molecular weight is 265 g/mol. The van der Waals surface area contributed by atoms with E-state index in [-0.39, 0.29) is 11.0 Å². The predicted molar refractivity (Wildman–Crippen MR) is 55.6 cm³/mol. The quantitative estimate of drug-likeness (QED) is 0.917. The lowest BCUT2D eigenvalue weighted by atomic mass is 10.4. The van der Waals surface area contributed by atoms with Crippen LogP contribution < -0.4 is 5.32 Å². The molecule has 0 radical (unpaired) electrons. The Morgan fingerprint density at radius 2 is 2.06 bits per heavy atom. The zero-order chi connectivity index (χ0) is 12.6. The van der Waals surface area contributed by atoms with Crippen molar-refractivity contribution in [1.29, 1.82) is 0 Å². The minimum atomic E-state index is -4.53. The van der Waals surface area contributed by atoms with Crippen molar-refractivity contribution >= 4 is 16.3 Å². The molecular weight excluding hydrogens is 255 g/mol. The van der Waals surface area contributed by atoms with Crippen LogP contribution in [0.4, 0.5) is 13.2 Å². The average Bonchev–Trinajstić information content (AvgIpc) is 2.70. The van der Waals surface area contributed by atoms with Crippen LogP contribution in [0.15, 0.2) is 0 Å². The zero-order valence-electron chi connectivity index (χ0n) is 9.12. The zero-order valence-corrected chi connectivity index (χ0v) is 9.93. The fraction of sp³-hybridized carbons (Fsp3) is 0.625. The Labute approximate surface area is 98.7 Å². The first-order valence-corrected chi connectivity index (χ1v) is 5.71. The van der Waals surface area contributed by atoms with E-state index in [1.54, 1.807) is 0 Å². The predicted octanol–water partition coefficient (Wildman–Crippen LogP) is 1.70. The highest BCUT2D eigenvalue weighted by Gasteiger charge is 2.38. The van der Waals surface area contributed by atoms with Crippen molar-refractivity contribution in [2.24, 2.45) is 0 Å². The standard InChI is InChI=1S/C8H10F3N5S/c1-4(2)12-3-5-15-16-6(8(9,10)11)13-14-7(16)17-5/h4,12H,3H2,1-2H3. The molecule has 9 heteroatoms. The number of alkyl halides is 3. The first kappa shape index (κ1) is 12.2. The fourth-order valence-corrected chi connectivity index (χ4v) is 1.98. The molecule has 0 atom stereocenters. The van der Waals surface area contributed by atoms with E-state index in [1.807, 2.05) is 13.8 Å². The topological polar surface area (TPSA) is 55.1 Å². The number of fused-ring (bicyclic) bond motifs is 1. The Morgan fingerprint density at radius 3 is 2.65 bits per heavy atom. The monoisotopic (exact) mass is 265 g/mol. The van der Waals surface area contributed by atoms with Gasteiger partial charge in [0.15, 0.2) is 0 Å². The largest absolute Gasteiger partial charge is 0.453 e. The second-order valence-electron chi connectivity index (χ2n) is 3.75. The Bertz CT molecular complexity index is 515. The molecule has 0 saturated heterocycles. The smallest absolute Gasteiger partial charge is 0.308 e. The van der Waals surface area contributed by atoms with Gasteiger partial charge in [-0.2, -0.15) is 22.8 Å². The van der Waals surface area contributed by atoms with Gasteiger partial charge in [-0.05, 0) is 0 Å². The Balaban J connectivity index is 2.29.